The minimum Gasteiger partial charge on any atom is -0.455 e. The minimum atomic E-state index is -0.722. The van der Waals surface area contributed by atoms with E-state index >= 15 is 0 Å². The Hall–Kier alpha value is -3.45. The summed E-state index contributed by atoms with van der Waals surface area (Å²) in [6, 6.07) is 12.2. The van der Waals surface area contributed by atoms with E-state index in [9.17, 15) is 9.59 Å². The highest BCUT2D eigenvalue weighted by Crippen LogP contribution is 2.22. The van der Waals surface area contributed by atoms with Gasteiger partial charge in [0.1, 0.15) is 23.5 Å². The van der Waals surface area contributed by atoms with E-state index in [0.717, 1.165) is 11.3 Å². The van der Waals surface area contributed by atoms with E-state index < -0.39 is 11.4 Å². The van der Waals surface area contributed by atoms with E-state index in [2.05, 4.69) is 10.1 Å². The number of nitrogens with zero attached hydrogens (tertiary/aromatic N) is 3. The van der Waals surface area contributed by atoms with Gasteiger partial charge < -0.3 is 13.8 Å². The number of halogens is 1. The molecule has 4 aromatic rings. The summed E-state index contributed by atoms with van der Waals surface area (Å²) < 4.78 is 12.4. The van der Waals surface area contributed by atoms with Gasteiger partial charge in [0.15, 0.2) is 5.76 Å². The third kappa shape index (κ3) is 3.84. The van der Waals surface area contributed by atoms with Gasteiger partial charge in [-0.05, 0) is 50.2 Å². The standard InChI is InChI=1S/C22H18ClN3O4/c1-3-26-11-18(20(27)17-9-4-13(2)24-21(17)26)22(28)29-12-16-10-19(30-25-16)14-5-7-15(23)8-6-14/h4-11H,3,12H2,1-2H3. The molecule has 4 rings (SSSR count). The largest absolute Gasteiger partial charge is 0.455 e. The molecule has 0 saturated heterocycles. The van der Waals surface area contributed by atoms with Gasteiger partial charge in [-0.1, -0.05) is 16.8 Å². The smallest absolute Gasteiger partial charge is 0.344 e. The van der Waals surface area contributed by atoms with Gasteiger partial charge in [-0.3, -0.25) is 4.79 Å². The lowest BCUT2D eigenvalue weighted by molar-refractivity contribution is 0.0462. The predicted octanol–water partition coefficient (Wildman–Crippen LogP) is 4.39. The van der Waals surface area contributed by atoms with E-state index in [-0.39, 0.29) is 12.2 Å². The number of pyridine rings is 2. The third-order valence-corrected chi connectivity index (χ3v) is 4.91. The maximum absolute atomic E-state index is 12.8. The van der Waals surface area contributed by atoms with Crippen molar-refractivity contribution in [1.29, 1.82) is 0 Å². The fourth-order valence-corrected chi connectivity index (χ4v) is 3.22. The Morgan fingerprint density at radius 1 is 1.20 bits per heavy atom. The second-order valence-corrected chi connectivity index (χ2v) is 7.18. The van der Waals surface area contributed by atoms with E-state index in [1.165, 1.54) is 6.20 Å². The third-order valence-electron chi connectivity index (χ3n) is 4.66. The molecule has 0 fully saturated rings. The Morgan fingerprint density at radius 3 is 2.70 bits per heavy atom. The van der Waals surface area contributed by atoms with Crippen molar-refractivity contribution in [2.75, 3.05) is 0 Å². The fraction of sp³-hybridized carbons (Fsp3) is 0.182. The van der Waals surface area contributed by atoms with Crippen molar-refractivity contribution in [3.05, 3.63) is 80.9 Å². The summed E-state index contributed by atoms with van der Waals surface area (Å²) in [4.78, 5) is 29.8. The van der Waals surface area contributed by atoms with Gasteiger partial charge >= 0.3 is 5.97 Å². The molecule has 0 atom stereocenters. The number of aromatic nitrogens is 3. The minimum absolute atomic E-state index is 0.0450. The van der Waals surface area contributed by atoms with Crippen molar-refractivity contribution < 1.29 is 14.1 Å². The topological polar surface area (TPSA) is 87.2 Å². The molecule has 0 radical (unpaired) electrons. The highest BCUT2D eigenvalue weighted by molar-refractivity contribution is 6.30. The van der Waals surface area contributed by atoms with Crippen molar-refractivity contribution in [2.24, 2.45) is 0 Å². The van der Waals surface area contributed by atoms with Crippen molar-refractivity contribution in [3.8, 4) is 11.3 Å². The van der Waals surface area contributed by atoms with Crippen LogP contribution < -0.4 is 5.43 Å². The molecular formula is C22H18ClN3O4. The average molecular weight is 424 g/mol. The number of ether oxygens (including phenoxy) is 1. The van der Waals surface area contributed by atoms with Gasteiger partial charge in [-0.25, -0.2) is 9.78 Å². The SMILES string of the molecule is CCn1cc(C(=O)OCc2cc(-c3ccc(Cl)cc3)on2)c(=O)c2ccc(C)nc21. The molecule has 0 aliphatic heterocycles. The Morgan fingerprint density at radius 2 is 1.97 bits per heavy atom. The molecule has 7 nitrogen and oxygen atoms in total. The van der Waals surface area contributed by atoms with E-state index in [0.29, 0.717) is 34.1 Å². The van der Waals surface area contributed by atoms with Crippen molar-refractivity contribution in [1.82, 2.24) is 14.7 Å². The second kappa shape index (κ2) is 8.12. The molecule has 0 aliphatic carbocycles. The predicted molar refractivity (Wildman–Crippen MR) is 112 cm³/mol. The van der Waals surface area contributed by atoms with Crippen LogP contribution in [0.4, 0.5) is 0 Å². The second-order valence-electron chi connectivity index (χ2n) is 6.75. The number of rotatable bonds is 5. The number of hydrogen-bond donors (Lipinski definition) is 0. The molecule has 1 aromatic carbocycles. The van der Waals surface area contributed by atoms with Gasteiger partial charge in [-0.15, -0.1) is 0 Å². The number of aryl methyl sites for hydroxylation is 2. The van der Waals surface area contributed by atoms with Crippen LogP contribution in [0.25, 0.3) is 22.4 Å². The highest BCUT2D eigenvalue weighted by Gasteiger charge is 2.18. The molecular weight excluding hydrogens is 406 g/mol. The van der Waals surface area contributed by atoms with Crippen molar-refractivity contribution in [2.45, 2.75) is 27.0 Å². The van der Waals surface area contributed by atoms with E-state index in [1.54, 1.807) is 47.0 Å². The van der Waals surface area contributed by atoms with Gasteiger partial charge in [0.05, 0.1) is 5.39 Å². The van der Waals surface area contributed by atoms with Gasteiger partial charge in [0.2, 0.25) is 5.43 Å². The van der Waals surface area contributed by atoms with E-state index in [1.807, 2.05) is 13.8 Å². The molecule has 0 amide bonds. The number of benzene rings is 1. The number of hydrogen-bond acceptors (Lipinski definition) is 6. The molecule has 0 unspecified atom stereocenters. The zero-order valence-corrected chi connectivity index (χ0v) is 17.1. The summed E-state index contributed by atoms with van der Waals surface area (Å²) in [5.41, 5.74) is 2.12. The quantitative estimate of drug-likeness (QED) is 0.442. The van der Waals surface area contributed by atoms with Crippen LogP contribution in [0.2, 0.25) is 5.02 Å². The van der Waals surface area contributed by atoms with Crippen LogP contribution in [0.3, 0.4) is 0 Å². The molecule has 0 spiro atoms. The Labute approximate surface area is 176 Å². The normalized spacial score (nSPS) is 11.0. The van der Waals surface area contributed by atoms with Crippen LogP contribution in [0, 0.1) is 6.92 Å². The first kappa shape index (κ1) is 19.8. The molecule has 0 saturated carbocycles. The van der Waals surface area contributed by atoms with E-state index in [4.69, 9.17) is 20.9 Å². The molecule has 3 aromatic heterocycles. The van der Waals surface area contributed by atoms with Crippen LogP contribution in [-0.2, 0) is 17.9 Å². The van der Waals surface area contributed by atoms with Gasteiger partial charge in [-0.2, -0.15) is 0 Å². The fourth-order valence-electron chi connectivity index (χ4n) is 3.09. The maximum Gasteiger partial charge on any atom is 0.344 e. The molecule has 0 aliphatic rings. The summed E-state index contributed by atoms with van der Waals surface area (Å²) in [5, 5.41) is 4.91. The number of esters is 1. The first-order valence-corrected chi connectivity index (χ1v) is 9.73. The number of carbonyl (C=O) groups excluding carboxylic acids is 1. The van der Waals surface area contributed by atoms with Crippen molar-refractivity contribution in [3.63, 3.8) is 0 Å². The summed E-state index contributed by atoms with van der Waals surface area (Å²) in [6.07, 6.45) is 1.49. The molecule has 30 heavy (non-hydrogen) atoms. The Balaban J connectivity index is 1.55. The lowest BCUT2D eigenvalue weighted by Gasteiger charge is -2.10. The Bertz CT molecular complexity index is 1290. The lowest BCUT2D eigenvalue weighted by atomic mass is 10.1. The zero-order chi connectivity index (χ0) is 21.3. The van der Waals surface area contributed by atoms with Crippen molar-refractivity contribution >= 4 is 28.6 Å². The molecule has 0 N–H and O–H groups in total. The number of carbonyl (C=O) groups is 1. The first-order chi connectivity index (χ1) is 14.5. The van der Waals surface area contributed by atoms with Crippen LogP contribution in [0.5, 0.6) is 0 Å². The molecule has 8 heteroatoms. The summed E-state index contributed by atoms with van der Waals surface area (Å²) in [5.74, 6) is -0.195. The monoisotopic (exact) mass is 423 g/mol. The molecule has 3 heterocycles. The molecule has 0 bridgehead atoms. The molecule has 152 valence electrons. The number of fused-ring (bicyclic) bond motifs is 1. The van der Waals surface area contributed by atoms with Gasteiger partial charge in [0.25, 0.3) is 0 Å². The lowest BCUT2D eigenvalue weighted by Crippen LogP contribution is -2.21. The zero-order valence-electron chi connectivity index (χ0n) is 16.4. The van der Waals surface area contributed by atoms with Crippen LogP contribution in [-0.4, -0.2) is 20.7 Å². The average Bonchev–Trinajstić information content (AvgIpc) is 3.22. The van der Waals surface area contributed by atoms with Crippen LogP contribution >= 0.6 is 11.6 Å². The van der Waals surface area contributed by atoms with Gasteiger partial charge in [0, 0.05) is 35.1 Å². The summed E-state index contributed by atoms with van der Waals surface area (Å²) in [7, 11) is 0. The Kier molecular flexibility index (Phi) is 5.37. The van der Waals surface area contributed by atoms with Crippen LogP contribution in [0.1, 0.15) is 28.7 Å². The summed E-state index contributed by atoms with van der Waals surface area (Å²) in [6.45, 7) is 4.20. The summed E-state index contributed by atoms with van der Waals surface area (Å²) >= 11 is 5.89. The highest BCUT2D eigenvalue weighted by atomic mass is 35.5. The first-order valence-electron chi connectivity index (χ1n) is 9.35. The maximum atomic E-state index is 12.8. The van der Waals surface area contributed by atoms with Crippen LogP contribution in [0.15, 0.2) is 58.0 Å².